The molecule has 0 unspecified atom stereocenters. The number of carbonyl (C=O) groups excluding carboxylic acids is 1. The summed E-state index contributed by atoms with van der Waals surface area (Å²) in [6.45, 7) is 1.69. The molecule has 0 aliphatic carbocycles. The quantitative estimate of drug-likeness (QED) is 0.717. The highest BCUT2D eigenvalue weighted by Gasteiger charge is 2.16. The fourth-order valence-electron chi connectivity index (χ4n) is 1.30. The average Bonchev–Trinajstić information content (AvgIpc) is 2.57. The number of carbonyl (C=O) groups is 1. The summed E-state index contributed by atoms with van der Waals surface area (Å²) in [7, 11) is 0. The number of nitrogens with one attached hydrogen (secondary N) is 1. The molecule has 0 atom stereocenters. The molecule has 0 saturated carbocycles. The lowest BCUT2D eigenvalue weighted by atomic mass is 10.1. The van der Waals surface area contributed by atoms with Crippen molar-refractivity contribution in [3.8, 4) is 0 Å². The molecule has 1 amide bonds. The maximum atomic E-state index is 13.2. The summed E-state index contributed by atoms with van der Waals surface area (Å²) in [5.41, 5.74) is 4.17. The van der Waals surface area contributed by atoms with Gasteiger partial charge in [-0.1, -0.05) is 12.1 Å². The van der Waals surface area contributed by atoms with Crippen molar-refractivity contribution in [1.82, 2.24) is 5.43 Å². The molecule has 0 fully saturated rings. The summed E-state index contributed by atoms with van der Waals surface area (Å²) in [6.07, 6.45) is 0.225. The first-order valence-electron chi connectivity index (χ1n) is 4.29. The van der Waals surface area contributed by atoms with Crippen LogP contribution in [0.25, 0.3) is 0 Å². The highest BCUT2D eigenvalue weighted by molar-refractivity contribution is 6.13. The van der Waals surface area contributed by atoms with Gasteiger partial charge in [0, 0.05) is 5.56 Å². The van der Waals surface area contributed by atoms with Crippen LogP contribution in [-0.2, 0) is 4.79 Å². The molecule has 1 N–H and O–H groups in total. The van der Waals surface area contributed by atoms with E-state index in [0.717, 1.165) is 0 Å². The van der Waals surface area contributed by atoms with Crippen LogP contribution in [-0.4, -0.2) is 11.6 Å². The minimum Gasteiger partial charge on any atom is -0.273 e. The minimum atomic E-state index is -0.274. The van der Waals surface area contributed by atoms with Crippen molar-refractivity contribution in [2.75, 3.05) is 0 Å². The summed E-state index contributed by atoms with van der Waals surface area (Å²) in [4.78, 5) is 10.9. The fourth-order valence-corrected chi connectivity index (χ4v) is 1.30. The summed E-state index contributed by atoms with van der Waals surface area (Å²) in [5, 5.41) is 3.81. The van der Waals surface area contributed by atoms with Crippen molar-refractivity contribution in [3.05, 3.63) is 35.1 Å². The van der Waals surface area contributed by atoms with E-state index in [2.05, 4.69) is 10.5 Å². The van der Waals surface area contributed by atoms with Crippen LogP contribution >= 0.6 is 0 Å². The molecule has 3 nitrogen and oxygen atoms in total. The highest BCUT2D eigenvalue weighted by atomic mass is 19.1. The lowest BCUT2D eigenvalue weighted by Crippen LogP contribution is -2.09. The second kappa shape index (κ2) is 3.21. The molecule has 4 heteroatoms. The second-order valence-corrected chi connectivity index (χ2v) is 3.23. The zero-order chi connectivity index (χ0) is 10.1. The third kappa shape index (κ3) is 1.51. The first-order chi connectivity index (χ1) is 6.66. The van der Waals surface area contributed by atoms with Gasteiger partial charge in [0.2, 0.25) is 5.91 Å². The largest absolute Gasteiger partial charge is 0.273 e. The molecular weight excluding hydrogens is 183 g/mol. The van der Waals surface area contributed by atoms with Gasteiger partial charge in [0.05, 0.1) is 12.1 Å². The Morgan fingerprint density at radius 3 is 2.86 bits per heavy atom. The average molecular weight is 192 g/mol. The van der Waals surface area contributed by atoms with E-state index in [1.54, 1.807) is 19.1 Å². The van der Waals surface area contributed by atoms with Crippen molar-refractivity contribution in [3.63, 3.8) is 0 Å². The fraction of sp³-hybridized carbons (Fsp3) is 0.200. The molecule has 1 aliphatic heterocycles. The molecule has 1 heterocycles. The van der Waals surface area contributed by atoms with E-state index in [1.165, 1.54) is 6.07 Å². The standard InChI is InChI=1S/C10H9FN2O/c1-6-2-3-7(4-8(6)11)9-5-10(14)13-12-9/h2-4H,5H2,1H3,(H,13,14). The number of hydrazone groups is 1. The van der Waals surface area contributed by atoms with Crippen molar-refractivity contribution in [2.45, 2.75) is 13.3 Å². The Labute approximate surface area is 80.6 Å². The van der Waals surface area contributed by atoms with Crippen LogP contribution in [0.4, 0.5) is 4.39 Å². The zero-order valence-electron chi connectivity index (χ0n) is 7.67. The number of hydrogen-bond donors (Lipinski definition) is 1. The molecule has 2 rings (SSSR count). The monoisotopic (exact) mass is 192 g/mol. The zero-order valence-corrected chi connectivity index (χ0v) is 7.67. The smallest absolute Gasteiger partial charge is 0.246 e. The third-order valence-electron chi connectivity index (χ3n) is 2.15. The maximum absolute atomic E-state index is 13.2. The number of hydrogen-bond acceptors (Lipinski definition) is 2. The van der Waals surface area contributed by atoms with Gasteiger partial charge in [0.25, 0.3) is 0 Å². The van der Waals surface area contributed by atoms with Crippen LogP contribution < -0.4 is 5.43 Å². The molecule has 1 aromatic carbocycles. The van der Waals surface area contributed by atoms with Crippen LogP contribution in [0.5, 0.6) is 0 Å². The van der Waals surface area contributed by atoms with E-state index in [0.29, 0.717) is 16.8 Å². The van der Waals surface area contributed by atoms with Gasteiger partial charge in [0.15, 0.2) is 0 Å². The summed E-state index contributed by atoms with van der Waals surface area (Å²) >= 11 is 0. The maximum Gasteiger partial charge on any atom is 0.246 e. The van der Waals surface area contributed by atoms with Gasteiger partial charge < -0.3 is 0 Å². The molecule has 72 valence electrons. The van der Waals surface area contributed by atoms with E-state index in [4.69, 9.17) is 0 Å². The Hall–Kier alpha value is -1.71. The molecule has 0 saturated heterocycles. The van der Waals surface area contributed by atoms with Crippen LogP contribution in [0.2, 0.25) is 0 Å². The summed E-state index contributed by atoms with van der Waals surface area (Å²) in [5.74, 6) is -0.425. The van der Waals surface area contributed by atoms with Crippen LogP contribution in [0.3, 0.4) is 0 Å². The molecular formula is C10H9FN2O. The Morgan fingerprint density at radius 2 is 2.29 bits per heavy atom. The third-order valence-corrected chi connectivity index (χ3v) is 2.15. The Bertz CT molecular complexity index is 426. The van der Waals surface area contributed by atoms with E-state index in [9.17, 15) is 9.18 Å². The van der Waals surface area contributed by atoms with Gasteiger partial charge >= 0.3 is 0 Å². The van der Waals surface area contributed by atoms with Crippen LogP contribution in [0.1, 0.15) is 17.5 Å². The second-order valence-electron chi connectivity index (χ2n) is 3.23. The summed E-state index contributed by atoms with van der Waals surface area (Å²) < 4.78 is 13.2. The Balaban J connectivity index is 2.34. The number of rotatable bonds is 1. The molecule has 14 heavy (non-hydrogen) atoms. The SMILES string of the molecule is Cc1ccc(C2=NNC(=O)C2)cc1F. The number of amides is 1. The normalized spacial score (nSPS) is 15.3. The topological polar surface area (TPSA) is 41.5 Å². The lowest BCUT2D eigenvalue weighted by molar-refractivity contribution is -0.119. The van der Waals surface area contributed by atoms with Crippen LogP contribution in [0.15, 0.2) is 23.3 Å². The van der Waals surface area contributed by atoms with E-state index >= 15 is 0 Å². The van der Waals surface area contributed by atoms with Crippen molar-refractivity contribution in [2.24, 2.45) is 5.10 Å². The van der Waals surface area contributed by atoms with Crippen molar-refractivity contribution < 1.29 is 9.18 Å². The number of halogens is 1. The van der Waals surface area contributed by atoms with Gasteiger partial charge in [0.1, 0.15) is 5.82 Å². The van der Waals surface area contributed by atoms with Gasteiger partial charge in [-0.2, -0.15) is 5.10 Å². The number of aryl methyl sites for hydroxylation is 1. The molecule has 0 bridgehead atoms. The number of benzene rings is 1. The Morgan fingerprint density at radius 1 is 1.50 bits per heavy atom. The molecule has 0 radical (unpaired) electrons. The summed E-state index contributed by atoms with van der Waals surface area (Å²) in [6, 6.07) is 4.84. The first-order valence-corrected chi connectivity index (χ1v) is 4.29. The molecule has 0 spiro atoms. The van der Waals surface area contributed by atoms with Crippen molar-refractivity contribution >= 4 is 11.6 Å². The minimum absolute atomic E-state index is 0.152. The molecule has 0 aromatic heterocycles. The van der Waals surface area contributed by atoms with Crippen LogP contribution in [0, 0.1) is 12.7 Å². The predicted molar refractivity (Wildman–Crippen MR) is 50.4 cm³/mol. The number of nitrogens with zero attached hydrogens (tertiary/aromatic N) is 1. The highest BCUT2D eigenvalue weighted by Crippen LogP contribution is 2.13. The van der Waals surface area contributed by atoms with Gasteiger partial charge in [-0.15, -0.1) is 0 Å². The van der Waals surface area contributed by atoms with E-state index in [-0.39, 0.29) is 18.1 Å². The first kappa shape index (κ1) is 8.87. The Kier molecular flexibility index (Phi) is 2.04. The van der Waals surface area contributed by atoms with Gasteiger partial charge in [-0.3, -0.25) is 4.79 Å². The van der Waals surface area contributed by atoms with E-state index < -0.39 is 0 Å². The van der Waals surface area contributed by atoms with Gasteiger partial charge in [-0.25, -0.2) is 9.82 Å². The van der Waals surface area contributed by atoms with E-state index in [1.807, 2.05) is 0 Å². The van der Waals surface area contributed by atoms with Gasteiger partial charge in [-0.05, 0) is 18.6 Å². The lowest BCUT2D eigenvalue weighted by Gasteiger charge is -2.00. The van der Waals surface area contributed by atoms with Crippen molar-refractivity contribution in [1.29, 1.82) is 0 Å². The molecule has 1 aliphatic rings. The molecule has 1 aromatic rings. The predicted octanol–water partition coefficient (Wildman–Crippen LogP) is 1.36.